The van der Waals surface area contributed by atoms with Gasteiger partial charge in [0, 0.05) is 24.5 Å². The van der Waals surface area contributed by atoms with E-state index in [0.29, 0.717) is 12.4 Å². The molecule has 1 aliphatic rings. The van der Waals surface area contributed by atoms with E-state index < -0.39 is 5.60 Å². The van der Waals surface area contributed by atoms with Crippen molar-refractivity contribution in [2.24, 2.45) is 0 Å². The molecule has 0 aromatic carbocycles. The molecular formula is C14H22N2O2. The molecular weight excluding hydrogens is 228 g/mol. The summed E-state index contributed by atoms with van der Waals surface area (Å²) in [5.41, 5.74) is 0.382. The molecule has 0 spiro atoms. The Bertz CT molecular complexity index is 374. The first-order valence-electron chi connectivity index (χ1n) is 6.68. The third kappa shape index (κ3) is 3.60. The lowest BCUT2D eigenvalue weighted by Gasteiger charge is -2.27. The van der Waals surface area contributed by atoms with Crippen LogP contribution >= 0.6 is 0 Å². The number of methoxy groups -OCH3 is 1. The average molecular weight is 250 g/mol. The lowest BCUT2D eigenvalue weighted by Crippen LogP contribution is -2.36. The van der Waals surface area contributed by atoms with Gasteiger partial charge in [0.15, 0.2) is 0 Å². The molecule has 4 heteroatoms. The fourth-order valence-corrected chi connectivity index (χ4v) is 2.46. The van der Waals surface area contributed by atoms with Gasteiger partial charge in [-0.1, -0.05) is 25.7 Å². The molecule has 0 amide bonds. The number of nitrogens with one attached hydrogen (secondary N) is 1. The second-order valence-electron chi connectivity index (χ2n) is 5.08. The van der Waals surface area contributed by atoms with Crippen molar-refractivity contribution in [3.8, 4) is 5.88 Å². The molecule has 0 unspecified atom stereocenters. The number of aromatic nitrogens is 1. The smallest absolute Gasteiger partial charge is 0.214 e. The molecule has 1 saturated carbocycles. The van der Waals surface area contributed by atoms with Crippen molar-refractivity contribution in [2.45, 2.75) is 44.1 Å². The lowest BCUT2D eigenvalue weighted by atomic mass is 9.94. The number of ether oxygens (including phenoxy) is 1. The van der Waals surface area contributed by atoms with E-state index in [9.17, 15) is 5.11 Å². The molecule has 1 aliphatic carbocycles. The largest absolute Gasteiger partial charge is 0.481 e. The van der Waals surface area contributed by atoms with Gasteiger partial charge in [0.1, 0.15) is 0 Å². The third-order valence-electron chi connectivity index (χ3n) is 3.60. The van der Waals surface area contributed by atoms with E-state index >= 15 is 0 Å². The molecule has 2 N–H and O–H groups in total. The second-order valence-corrected chi connectivity index (χ2v) is 5.08. The molecule has 18 heavy (non-hydrogen) atoms. The van der Waals surface area contributed by atoms with E-state index in [2.05, 4.69) is 10.3 Å². The second kappa shape index (κ2) is 6.05. The highest BCUT2D eigenvalue weighted by Crippen LogP contribution is 2.27. The standard InChI is InChI=1S/C14H22N2O2/c1-18-13-10-12(6-9-15-13)16-11-14(17)7-4-2-3-5-8-14/h6,9-10,17H,2-5,7-8,11H2,1H3,(H,15,16). The van der Waals surface area contributed by atoms with Crippen molar-refractivity contribution in [3.05, 3.63) is 18.3 Å². The quantitative estimate of drug-likeness (QED) is 0.806. The number of rotatable bonds is 4. The normalized spacial score (nSPS) is 19.0. The van der Waals surface area contributed by atoms with Gasteiger partial charge in [0.25, 0.3) is 0 Å². The molecule has 1 heterocycles. The van der Waals surface area contributed by atoms with Crippen LogP contribution in [-0.2, 0) is 0 Å². The van der Waals surface area contributed by atoms with Gasteiger partial charge in [-0.05, 0) is 18.9 Å². The molecule has 0 bridgehead atoms. The molecule has 1 aromatic heterocycles. The Morgan fingerprint density at radius 3 is 2.72 bits per heavy atom. The van der Waals surface area contributed by atoms with E-state index in [0.717, 1.165) is 31.4 Å². The fourth-order valence-electron chi connectivity index (χ4n) is 2.46. The molecule has 0 aliphatic heterocycles. The van der Waals surface area contributed by atoms with Gasteiger partial charge in [-0.2, -0.15) is 0 Å². The number of pyridine rings is 1. The van der Waals surface area contributed by atoms with Crippen LogP contribution in [0.1, 0.15) is 38.5 Å². The summed E-state index contributed by atoms with van der Waals surface area (Å²) in [6, 6.07) is 3.74. The Morgan fingerprint density at radius 2 is 2.06 bits per heavy atom. The van der Waals surface area contributed by atoms with Crippen molar-refractivity contribution in [1.29, 1.82) is 0 Å². The van der Waals surface area contributed by atoms with Gasteiger partial charge in [0.2, 0.25) is 5.88 Å². The minimum absolute atomic E-state index is 0.562. The number of nitrogens with zero attached hydrogens (tertiary/aromatic N) is 1. The summed E-state index contributed by atoms with van der Waals surface area (Å²) in [5, 5.41) is 13.8. The fraction of sp³-hybridized carbons (Fsp3) is 0.643. The summed E-state index contributed by atoms with van der Waals surface area (Å²) in [7, 11) is 1.60. The first-order valence-corrected chi connectivity index (χ1v) is 6.68. The third-order valence-corrected chi connectivity index (χ3v) is 3.60. The Hall–Kier alpha value is -1.29. The zero-order chi connectivity index (χ0) is 12.8. The van der Waals surface area contributed by atoms with Crippen molar-refractivity contribution >= 4 is 5.69 Å². The first kappa shape index (κ1) is 13.1. The maximum Gasteiger partial charge on any atom is 0.214 e. The lowest BCUT2D eigenvalue weighted by molar-refractivity contribution is 0.0381. The molecule has 1 fully saturated rings. The summed E-state index contributed by atoms with van der Waals surface area (Å²) in [4.78, 5) is 4.06. The molecule has 0 radical (unpaired) electrons. The Morgan fingerprint density at radius 1 is 1.33 bits per heavy atom. The highest BCUT2D eigenvalue weighted by atomic mass is 16.5. The minimum atomic E-state index is -0.562. The van der Waals surface area contributed by atoms with Crippen molar-refractivity contribution in [3.63, 3.8) is 0 Å². The van der Waals surface area contributed by atoms with Gasteiger partial charge >= 0.3 is 0 Å². The first-order chi connectivity index (χ1) is 8.72. The van der Waals surface area contributed by atoms with Crippen LogP contribution in [0.4, 0.5) is 5.69 Å². The van der Waals surface area contributed by atoms with Crippen LogP contribution in [0.3, 0.4) is 0 Å². The number of hydrogen-bond acceptors (Lipinski definition) is 4. The van der Waals surface area contributed by atoms with E-state index in [-0.39, 0.29) is 0 Å². The van der Waals surface area contributed by atoms with Crippen LogP contribution in [0, 0.1) is 0 Å². The Labute approximate surface area is 108 Å². The summed E-state index contributed by atoms with van der Waals surface area (Å²) in [6.45, 7) is 0.597. The van der Waals surface area contributed by atoms with Gasteiger partial charge in [0.05, 0.1) is 12.7 Å². The van der Waals surface area contributed by atoms with Crippen LogP contribution in [0.15, 0.2) is 18.3 Å². The van der Waals surface area contributed by atoms with Crippen LogP contribution in [0.5, 0.6) is 5.88 Å². The van der Waals surface area contributed by atoms with E-state index in [4.69, 9.17) is 4.74 Å². The summed E-state index contributed by atoms with van der Waals surface area (Å²) in [5.74, 6) is 0.591. The van der Waals surface area contributed by atoms with Gasteiger partial charge < -0.3 is 15.2 Å². The van der Waals surface area contributed by atoms with Crippen LogP contribution in [-0.4, -0.2) is 29.3 Å². The van der Waals surface area contributed by atoms with E-state index in [1.807, 2.05) is 12.1 Å². The summed E-state index contributed by atoms with van der Waals surface area (Å²) >= 11 is 0. The maximum atomic E-state index is 10.5. The molecule has 2 rings (SSSR count). The molecule has 100 valence electrons. The van der Waals surface area contributed by atoms with Crippen LogP contribution in [0.2, 0.25) is 0 Å². The highest BCUT2D eigenvalue weighted by Gasteiger charge is 2.27. The average Bonchev–Trinajstić information content (AvgIpc) is 2.62. The minimum Gasteiger partial charge on any atom is -0.481 e. The zero-order valence-electron chi connectivity index (χ0n) is 11.0. The van der Waals surface area contributed by atoms with Gasteiger partial charge in [-0.3, -0.25) is 0 Å². The van der Waals surface area contributed by atoms with E-state index in [1.54, 1.807) is 13.3 Å². The van der Waals surface area contributed by atoms with Crippen molar-refractivity contribution in [1.82, 2.24) is 4.98 Å². The summed E-state index contributed by atoms with van der Waals surface area (Å²) < 4.78 is 5.08. The highest BCUT2D eigenvalue weighted by molar-refractivity contribution is 5.45. The molecule has 4 nitrogen and oxygen atoms in total. The topological polar surface area (TPSA) is 54.4 Å². The number of aliphatic hydroxyl groups is 1. The number of hydrogen-bond donors (Lipinski definition) is 2. The van der Waals surface area contributed by atoms with Crippen LogP contribution < -0.4 is 10.1 Å². The predicted octanol–water partition coefficient (Wildman–Crippen LogP) is 2.59. The Kier molecular flexibility index (Phi) is 4.42. The van der Waals surface area contributed by atoms with Crippen molar-refractivity contribution in [2.75, 3.05) is 19.0 Å². The molecule has 0 atom stereocenters. The van der Waals surface area contributed by atoms with E-state index in [1.165, 1.54) is 12.8 Å². The SMILES string of the molecule is COc1cc(NCC2(O)CCCCCC2)ccn1. The molecule has 0 saturated heterocycles. The summed E-state index contributed by atoms with van der Waals surface area (Å²) in [6.07, 6.45) is 8.22. The molecule has 1 aromatic rings. The monoisotopic (exact) mass is 250 g/mol. The predicted molar refractivity (Wildman–Crippen MR) is 71.9 cm³/mol. The maximum absolute atomic E-state index is 10.5. The van der Waals surface area contributed by atoms with Crippen molar-refractivity contribution < 1.29 is 9.84 Å². The van der Waals surface area contributed by atoms with Gasteiger partial charge in [-0.25, -0.2) is 4.98 Å². The van der Waals surface area contributed by atoms with Crippen LogP contribution in [0.25, 0.3) is 0 Å². The van der Waals surface area contributed by atoms with Gasteiger partial charge in [-0.15, -0.1) is 0 Å². The Balaban J connectivity index is 1.92. The number of anilines is 1. The zero-order valence-corrected chi connectivity index (χ0v) is 11.0.